The van der Waals surface area contributed by atoms with Crippen LogP contribution in [0.2, 0.25) is 0 Å². The summed E-state index contributed by atoms with van der Waals surface area (Å²) in [7, 11) is 0. The monoisotopic (exact) mass is 459 g/mol. The molecule has 6 nitrogen and oxygen atoms in total. The number of carbonyl (C=O) groups is 1. The van der Waals surface area contributed by atoms with Crippen molar-refractivity contribution in [3.63, 3.8) is 0 Å². The molecule has 0 aliphatic heterocycles. The summed E-state index contributed by atoms with van der Waals surface area (Å²) in [5, 5.41) is 43.5. The van der Waals surface area contributed by atoms with Crippen LogP contribution in [-0.4, -0.2) is 79.9 Å². The minimum absolute atomic E-state index is 0. The third-order valence-corrected chi connectivity index (χ3v) is 1.42. The summed E-state index contributed by atoms with van der Waals surface area (Å²) < 4.78 is 0. The van der Waals surface area contributed by atoms with E-state index in [2.05, 4.69) is 0 Å². The number of aldehydes is 1. The molecular formula is C6H14AuO6Se. The van der Waals surface area contributed by atoms with Gasteiger partial charge in [-0.15, -0.1) is 0 Å². The molecule has 0 spiro atoms. The zero-order valence-corrected chi connectivity index (χ0v) is 11.3. The number of aliphatic hydroxyl groups excluding tert-OH is 5. The van der Waals surface area contributed by atoms with E-state index in [-0.39, 0.29) is 45.7 Å². The second-order valence-electron chi connectivity index (χ2n) is 2.36. The molecule has 0 aromatic carbocycles. The Morgan fingerprint density at radius 1 is 1.07 bits per heavy atom. The van der Waals surface area contributed by atoms with Crippen molar-refractivity contribution >= 4 is 23.4 Å². The van der Waals surface area contributed by atoms with E-state index in [1.807, 2.05) is 0 Å². The molecule has 14 heavy (non-hydrogen) atoms. The number of hydrogen-bond acceptors (Lipinski definition) is 6. The summed E-state index contributed by atoms with van der Waals surface area (Å²) in [6, 6.07) is 0. The van der Waals surface area contributed by atoms with Gasteiger partial charge in [-0.3, -0.25) is 0 Å². The second kappa shape index (κ2) is 10.3. The number of rotatable bonds is 5. The van der Waals surface area contributed by atoms with Gasteiger partial charge < -0.3 is 30.3 Å². The molecule has 0 saturated carbocycles. The summed E-state index contributed by atoms with van der Waals surface area (Å²) in [5.41, 5.74) is 0. The van der Waals surface area contributed by atoms with Crippen molar-refractivity contribution in [1.82, 2.24) is 0 Å². The number of carbonyl (C=O) groups excluding carboxylic acids is 1. The Kier molecular flexibility index (Phi) is 14.8. The summed E-state index contributed by atoms with van der Waals surface area (Å²) in [6.07, 6.45) is -6.84. The Hall–Kier alpha value is 0.730. The van der Waals surface area contributed by atoms with Crippen LogP contribution < -0.4 is 0 Å². The molecular weight excluding hydrogens is 444 g/mol. The molecule has 4 unspecified atom stereocenters. The van der Waals surface area contributed by atoms with Gasteiger partial charge in [-0.05, 0) is 0 Å². The van der Waals surface area contributed by atoms with Crippen molar-refractivity contribution in [2.75, 3.05) is 6.61 Å². The SMILES string of the molecule is O=CC(O)C(O)C(O)C(O)CO.[Au].[SeH2]. The summed E-state index contributed by atoms with van der Waals surface area (Å²) in [6.45, 7) is -0.760. The second-order valence-corrected chi connectivity index (χ2v) is 2.36. The predicted molar refractivity (Wildman–Crippen MR) is 45.7 cm³/mol. The summed E-state index contributed by atoms with van der Waals surface area (Å²) in [4.78, 5) is 9.90. The van der Waals surface area contributed by atoms with E-state index in [0.29, 0.717) is 0 Å². The number of hydrogen-bond donors (Lipinski definition) is 5. The molecule has 0 aliphatic rings. The van der Waals surface area contributed by atoms with Crippen LogP contribution in [-0.2, 0) is 27.2 Å². The maximum atomic E-state index is 9.90. The molecule has 8 heteroatoms. The average Bonchev–Trinajstić information content (AvgIpc) is 2.12. The van der Waals surface area contributed by atoms with Crippen LogP contribution in [0.5, 0.6) is 0 Å². The molecule has 0 aliphatic carbocycles. The fourth-order valence-corrected chi connectivity index (χ4v) is 0.618. The quantitative estimate of drug-likeness (QED) is 0.210. The van der Waals surface area contributed by atoms with E-state index in [4.69, 9.17) is 25.5 Å². The van der Waals surface area contributed by atoms with Crippen molar-refractivity contribution < 1.29 is 52.7 Å². The van der Waals surface area contributed by atoms with Crippen molar-refractivity contribution in [3.05, 3.63) is 0 Å². The molecule has 0 bridgehead atoms. The van der Waals surface area contributed by atoms with Gasteiger partial charge in [0.15, 0.2) is 6.29 Å². The summed E-state index contributed by atoms with van der Waals surface area (Å²) in [5.74, 6) is 0. The van der Waals surface area contributed by atoms with Crippen molar-refractivity contribution in [3.8, 4) is 0 Å². The molecule has 91 valence electrons. The molecule has 0 saturated heterocycles. The maximum absolute atomic E-state index is 9.90. The molecule has 0 aromatic rings. The van der Waals surface area contributed by atoms with Crippen molar-refractivity contribution in [2.45, 2.75) is 24.4 Å². The van der Waals surface area contributed by atoms with Gasteiger partial charge >= 0.3 is 17.1 Å². The first-order valence-corrected chi connectivity index (χ1v) is 3.33. The van der Waals surface area contributed by atoms with E-state index >= 15 is 0 Å². The minimum atomic E-state index is -1.79. The zero-order chi connectivity index (χ0) is 9.72. The summed E-state index contributed by atoms with van der Waals surface area (Å²) >= 11 is 0. The Labute approximate surface area is 107 Å². The van der Waals surface area contributed by atoms with Gasteiger partial charge in [0.1, 0.15) is 24.4 Å². The van der Waals surface area contributed by atoms with Crippen LogP contribution in [0.25, 0.3) is 0 Å². The van der Waals surface area contributed by atoms with E-state index in [9.17, 15) is 4.79 Å². The van der Waals surface area contributed by atoms with Crippen molar-refractivity contribution in [1.29, 1.82) is 0 Å². The topological polar surface area (TPSA) is 118 Å². The standard InChI is InChI=1S/C6H12O6.Au.H2Se/c7-1-3(9)5(11)6(12)4(10)2-8;;/h1,3-6,8-12H,2H2;;1H2. The first kappa shape index (κ1) is 20.2. The molecule has 0 heterocycles. The van der Waals surface area contributed by atoms with Crippen LogP contribution in [0.4, 0.5) is 0 Å². The third-order valence-electron chi connectivity index (χ3n) is 1.42. The van der Waals surface area contributed by atoms with Gasteiger partial charge in [-0.2, -0.15) is 0 Å². The molecule has 0 fully saturated rings. The molecule has 5 N–H and O–H groups in total. The molecule has 4 atom stereocenters. The van der Waals surface area contributed by atoms with Crippen LogP contribution in [0, 0.1) is 0 Å². The Bertz CT molecular complexity index is 148. The van der Waals surface area contributed by atoms with Gasteiger partial charge in [-0.25, -0.2) is 0 Å². The zero-order valence-electron chi connectivity index (χ0n) is 7.04. The average molecular weight is 458 g/mol. The van der Waals surface area contributed by atoms with Crippen molar-refractivity contribution in [2.24, 2.45) is 0 Å². The van der Waals surface area contributed by atoms with Crippen LogP contribution >= 0.6 is 0 Å². The van der Waals surface area contributed by atoms with Crippen LogP contribution in [0.15, 0.2) is 0 Å². The Morgan fingerprint density at radius 2 is 1.50 bits per heavy atom. The van der Waals surface area contributed by atoms with Crippen LogP contribution in [0.3, 0.4) is 0 Å². The third kappa shape index (κ3) is 6.26. The van der Waals surface area contributed by atoms with Gasteiger partial charge in [0.2, 0.25) is 0 Å². The van der Waals surface area contributed by atoms with E-state index < -0.39 is 31.0 Å². The molecule has 0 amide bonds. The van der Waals surface area contributed by atoms with E-state index in [1.165, 1.54) is 0 Å². The van der Waals surface area contributed by atoms with Crippen LogP contribution in [0.1, 0.15) is 0 Å². The van der Waals surface area contributed by atoms with Gasteiger partial charge in [0, 0.05) is 22.4 Å². The Morgan fingerprint density at radius 3 is 1.79 bits per heavy atom. The molecule has 1 radical (unpaired) electrons. The Balaban J connectivity index is -0.000000605. The normalized spacial score (nSPS) is 18.1. The fourth-order valence-electron chi connectivity index (χ4n) is 0.618. The molecule has 0 aromatic heterocycles. The van der Waals surface area contributed by atoms with Gasteiger partial charge in [-0.1, -0.05) is 0 Å². The van der Waals surface area contributed by atoms with Gasteiger partial charge in [0.05, 0.1) is 6.61 Å². The van der Waals surface area contributed by atoms with Gasteiger partial charge in [0.25, 0.3) is 0 Å². The van der Waals surface area contributed by atoms with E-state index in [1.54, 1.807) is 0 Å². The fraction of sp³-hybridized carbons (Fsp3) is 0.833. The first-order chi connectivity index (χ1) is 5.54. The predicted octanol–water partition coefficient (Wildman–Crippen LogP) is -4.30. The number of aliphatic hydroxyl groups is 5. The first-order valence-electron chi connectivity index (χ1n) is 3.33. The molecule has 0 rings (SSSR count). The van der Waals surface area contributed by atoms with E-state index in [0.717, 1.165) is 0 Å².